The quantitative estimate of drug-likeness (QED) is 0.660. The van der Waals surface area contributed by atoms with Gasteiger partial charge in [0, 0.05) is 36.1 Å². The fourth-order valence-electron chi connectivity index (χ4n) is 4.01. The second kappa shape index (κ2) is 8.52. The predicted molar refractivity (Wildman–Crippen MR) is 102 cm³/mol. The van der Waals surface area contributed by atoms with E-state index in [-0.39, 0.29) is 0 Å². The number of carbonyl (C=O) groups is 1. The number of unbranched alkanes of at least 4 members (excludes halogenated alkanes) is 6. The summed E-state index contributed by atoms with van der Waals surface area (Å²) in [5.74, 6) is -0.755. The second-order valence-corrected chi connectivity index (χ2v) is 7.19. The summed E-state index contributed by atoms with van der Waals surface area (Å²) in [7, 11) is 0. The van der Waals surface area contributed by atoms with Crippen LogP contribution in [0, 0.1) is 0 Å². The van der Waals surface area contributed by atoms with Crippen molar-refractivity contribution >= 4 is 16.9 Å². The number of hydrogen-bond donors (Lipinski definition) is 2. The normalized spacial score (nSPS) is 16.9. The third kappa shape index (κ3) is 4.06. The molecule has 2 N–H and O–H groups in total. The van der Waals surface area contributed by atoms with Gasteiger partial charge in [0.2, 0.25) is 0 Å². The molecule has 0 amide bonds. The minimum Gasteiger partial charge on any atom is -0.480 e. The number of aliphatic carboxylic acids is 1. The van der Waals surface area contributed by atoms with Crippen molar-refractivity contribution in [3.05, 3.63) is 35.5 Å². The van der Waals surface area contributed by atoms with Crippen LogP contribution in [-0.2, 0) is 24.3 Å². The van der Waals surface area contributed by atoms with E-state index in [0.717, 1.165) is 6.54 Å². The van der Waals surface area contributed by atoms with E-state index in [1.807, 2.05) is 0 Å². The highest BCUT2D eigenvalue weighted by atomic mass is 16.4. The highest BCUT2D eigenvalue weighted by Crippen LogP contribution is 2.30. The van der Waals surface area contributed by atoms with Crippen LogP contribution in [0.3, 0.4) is 0 Å². The zero-order chi connectivity index (χ0) is 17.6. The second-order valence-electron chi connectivity index (χ2n) is 7.19. The summed E-state index contributed by atoms with van der Waals surface area (Å²) >= 11 is 0. The fraction of sp³-hybridized carbons (Fsp3) is 0.571. The molecule has 0 bridgehead atoms. The maximum atomic E-state index is 11.4. The number of nitrogens with one attached hydrogen (secondary N) is 1. The fourth-order valence-corrected chi connectivity index (χ4v) is 4.01. The molecule has 3 rings (SSSR count). The number of carboxylic acids is 1. The summed E-state index contributed by atoms with van der Waals surface area (Å²) in [6.07, 6.45) is 9.72. The van der Waals surface area contributed by atoms with Crippen LogP contribution < -0.4 is 5.32 Å². The first-order chi connectivity index (χ1) is 12.2. The van der Waals surface area contributed by atoms with Gasteiger partial charge in [-0.25, -0.2) is 0 Å². The maximum Gasteiger partial charge on any atom is 0.321 e. The van der Waals surface area contributed by atoms with Crippen LogP contribution in [0.25, 0.3) is 10.9 Å². The van der Waals surface area contributed by atoms with Gasteiger partial charge in [0.1, 0.15) is 6.04 Å². The van der Waals surface area contributed by atoms with Gasteiger partial charge < -0.3 is 9.67 Å². The highest BCUT2D eigenvalue weighted by molar-refractivity contribution is 5.87. The minimum atomic E-state index is -0.755. The third-order valence-corrected chi connectivity index (χ3v) is 5.40. The summed E-state index contributed by atoms with van der Waals surface area (Å²) < 4.78 is 2.42. The van der Waals surface area contributed by atoms with E-state index < -0.39 is 12.0 Å². The van der Waals surface area contributed by atoms with Crippen LogP contribution in [0.2, 0.25) is 0 Å². The molecule has 2 aromatic rings. The monoisotopic (exact) mass is 342 g/mol. The van der Waals surface area contributed by atoms with E-state index in [1.165, 1.54) is 67.1 Å². The van der Waals surface area contributed by atoms with Gasteiger partial charge in [-0.1, -0.05) is 63.6 Å². The Labute approximate surface area is 150 Å². The molecule has 0 saturated heterocycles. The van der Waals surface area contributed by atoms with Crippen molar-refractivity contribution in [3.8, 4) is 0 Å². The summed E-state index contributed by atoms with van der Waals surface area (Å²) in [5, 5.41) is 13.7. The number of rotatable bonds is 9. The molecule has 136 valence electrons. The summed E-state index contributed by atoms with van der Waals surface area (Å²) in [5.41, 5.74) is 3.76. The Hall–Kier alpha value is -1.81. The molecule has 1 aromatic heterocycles. The van der Waals surface area contributed by atoms with Crippen molar-refractivity contribution in [1.29, 1.82) is 0 Å². The molecular weight excluding hydrogens is 312 g/mol. The topological polar surface area (TPSA) is 54.3 Å². The first kappa shape index (κ1) is 18.0. The Morgan fingerprint density at radius 3 is 2.64 bits per heavy atom. The van der Waals surface area contributed by atoms with Gasteiger partial charge in [-0.2, -0.15) is 0 Å². The summed E-state index contributed by atoms with van der Waals surface area (Å²) in [6.45, 7) is 3.93. The molecule has 25 heavy (non-hydrogen) atoms. The Kier molecular flexibility index (Phi) is 6.14. The predicted octanol–water partition coefficient (Wildman–Crippen LogP) is 4.49. The maximum absolute atomic E-state index is 11.4. The number of benzene rings is 1. The lowest BCUT2D eigenvalue weighted by molar-refractivity contribution is -0.139. The van der Waals surface area contributed by atoms with Gasteiger partial charge in [0.05, 0.1) is 0 Å². The largest absolute Gasteiger partial charge is 0.480 e. The molecule has 2 heterocycles. The Morgan fingerprint density at radius 2 is 1.88 bits per heavy atom. The van der Waals surface area contributed by atoms with Crippen molar-refractivity contribution in [2.75, 3.05) is 0 Å². The average molecular weight is 342 g/mol. The number of para-hydroxylation sites is 1. The number of aryl methyl sites for hydroxylation is 1. The van der Waals surface area contributed by atoms with Gasteiger partial charge in [0.25, 0.3) is 0 Å². The molecule has 1 aromatic carbocycles. The Bertz CT molecular complexity index is 720. The number of fused-ring (bicyclic) bond motifs is 3. The minimum absolute atomic E-state index is 0.467. The number of hydrogen-bond acceptors (Lipinski definition) is 2. The van der Waals surface area contributed by atoms with Gasteiger partial charge in [-0.3, -0.25) is 10.1 Å². The third-order valence-electron chi connectivity index (χ3n) is 5.40. The molecule has 0 spiro atoms. The van der Waals surface area contributed by atoms with Gasteiger partial charge in [-0.15, -0.1) is 0 Å². The first-order valence-electron chi connectivity index (χ1n) is 9.77. The highest BCUT2D eigenvalue weighted by Gasteiger charge is 2.28. The van der Waals surface area contributed by atoms with Crippen molar-refractivity contribution in [1.82, 2.24) is 9.88 Å². The van der Waals surface area contributed by atoms with Crippen LogP contribution in [0.5, 0.6) is 0 Å². The molecular formula is C21H30N2O2. The first-order valence-corrected chi connectivity index (χ1v) is 9.77. The van der Waals surface area contributed by atoms with Crippen LogP contribution in [0.4, 0.5) is 0 Å². The average Bonchev–Trinajstić information content (AvgIpc) is 2.94. The zero-order valence-corrected chi connectivity index (χ0v) is 15.3. The molecule has 0 fully saturated rings. The van der Waals surface area contributed by atoms with Gasteiger partial charge in [-0.05, 0) is 18.1 Å². The Balaban J connectivity index is 1.70. The van der Waals surface area contributed by atoms with Crippen LogP contribution in [0.15, 0.2) is 24.3 Å². The van der Waals surface area contributed by atoms with Crippen LogP contribution in [-0.4, -0.2) is 21.7 Å². The molecule has 4 heteroatoms. The smallest absolute Gasteiger partial charge is 0.321 e. The summed E-state index contributed by atoms with van der Waals surface area (Å²) in [6, 6.07) is 7.98. The van der Waals surface area contributed by atoms with Crippen molar-refractivity contribution < 1.29 is 9.90 Å². The van der Waals surface area contributed by atoms with E-state index in [2.05, 4.69) is 41.1 Å². The van der Waals surface area contributed by atoms with Crippen LogP contribution in [0.1, 0.15) is 63.1 Å². The standard InChI is InChI=1S/C21H30N2O2/c1-2-3-4-5-6-7-10-13-23-19-12-9-8-11-16(19)17-14-18(21(24)25)22-15-20(17)23/h8-9,11-12,18,22H,2-7,10,13-15H2,1H3,(H,24,25). The van der Waals surface area contributed by atoms with E-state index in [4.69, 9.17) is 0 Å². The molecule has 4 nitrogen and oxygen atoms in total. The number of carboxylic acid groups (broad SMARTS) is 1. The zero-order valence-electron chi connectivity index (χ0n) is 15.3. The van der Waals surface area contributed by atoms with Gasteiger partial charge in [0.15, 0.2) is 0 Å². The van der Waals surface area contributed by atoms with Crippen molar-refractivity contribution in [2.24, 2.45) is 0 Å². The molecule has 0 saturated carbocycles. The molecule has 0 aliphatic carbocycles. The summed E-state index contributed by atoms with van der Waals surface area (Å²) in [4.78, 5) is 11.4. The van der Waals surface area contributed by atoms with Crippen LogP contribution >= 0.6 is 0 Å². The van der Waals surface area contributed by atoms with E-state index >= 15 is 0 Å². The molecule has 1 aliphatic heterocycles. The lowest BCUT2D eigenvalue weighted by Crippen LogP contribution is -2.42. The number of aromatic nitrogens is 1. The molecule has 1 aliphatic rings. The Morgan fingerprint density at radius 1 is 1.16 bits per heavy atom. The SMILES string of the molecule is CCCCCCCCCn1c2c(c3ccccc31)CC(C(=O)O)NC2. The van der Waals surface area contributed by atoms with E-state index in [0.29, 0.717) is 13.0 Å². The van der Waals surface area contributed by atoms with Crippen molar-refractivity contribution in [3.63, 3.8) is 0 Å². The lowest BCUT2D eigenvalue weighted by Gasteiger charge is -2.22. The van der Waals surface area contributed by atoms with Gasteiger partial charge >= 0.3 is 5.97 Å². The van der Waals surface area contributed by atoms with E-state index in [1.54, 1.807) is 0 Å². The molecule has 1 atom stereocenters. The number of nitrogens with zero attached hydrogens (tertiary/aromatic N) is 1. The molecule has 1 unspecified atom stereocenters. The lowest BCUT2D eigenvalue weighted by atomic mass is 9.98. The molecule has 0 radical (unpaired) electrons. The van der Waals surface area contributed by atoms with Crippen molar-refractivity contribution in [2.45, 2.75) is 77.4 Å². The van der Waals surface area contributed by atoms with E-state index in [9.17, 15) is 9.90 Å².